The second-order valence-corrected chi connectivity index (χ2v) is 8.12. The van der Waals surface area contributed by atoms with Crippen molar-refractivity contribution in [2.45, 2.75) is 31.8 Å². The van der Waals surface area contributed by atoms with Gasteiger partial charge in [-0.2, -0.15) is 0 Å². The Balaban J connectivity index is 2.12. The van der Waals surface area contributed by atoms with Crippen molar-refractivity contribution >= 4 is 40.8 Å². The largest absolute Gasteiger partial charge is 0.468 e. The molecule has 148 valence electrons. The molecule has 2 N–H and O–H groups in total. The lowest BCUT2D eigenvalue weighted by Gasteiger charge is -2.34. The highest BCUT2D eigenvalue weighted by atomic mass is 35.5. The molecule has 2 atom stereocenters. The van der Waals surface area contributed by atoms with Gasteiger partial charge in [0, 0.05) is 27.7 Å². The first kappa shape index (κ1) is 20.6. The lowest BCUT2D eigenvalue weighted by Crippen LogP contribution is -2.58. The molecule has 0 saturated heterocycles. The van der Waals surface area contributed by atoms with E-state index in [1.54, 1.807) is 18.2 Å². The van der Waals surface area contributed by atoms with Crippen molar-refractivity contribution in [3.63, 3.8) is 0 Å². The first-order valence-electron chi connectivity index (χ1n) is 8.98. The number of halogens is 2. The first-order chi connectivity index (χ1) is 13.3. The number of esters is 1. The monoisotopic (exact) mass is 420 g/mol. The van der Waals surface area contributed by atoms with E-state index in [1.807, 2.05) is 38.1 Å². The van der Waals surface area contributed by atoms with Crippen molar-refractivity contribution in [3.8, 4) is 0 Å². The van der Waals surface area contributed by atoms with E-state index < -0.39 is 17.6 Å². The van der Waals surface area contributed by atoms with Crippen LogP contribution in [0.2, 0.25) is 10.0 Å². The number of fused-ring (bicyclic) bond motifs is 1. The first-order valence-corrected chi connectivity index (χ1v) is 9.74. The van der Waals surface area contributed by atoms with Gasteiger partial charge in [-0.3, -0.25) is 14.9 Å². The Morgan fingerprint density at radius 2 is 1.89 bits per heavy atom. The third-order valence-electron chi connectivity index (χ3n) is 4.96. The van der Waals surface area contributed by atoms with Gasteiger partial charge in [0.1, 0.15) is 11.6 Å². The van der Waals surface area contributed by atoms with Crippen molar-refractivity contribution in [3.05, 3.63) is 63.6 Å². The predicted octanol–water partition coefficient (Wildman–Crippen LogP) is 4.17. The van der Waals surface area contributed by atoms with E-state index in [1.165, 1.54) is 7.11 Å². The van der Waals surface area contributed by atoms with Crippen LogP contribution in [0, 0.1) is 5.92 Å². The van der Waals surface area contributed by atoms with Gasteiger partial charge in [0.05, 0.1) is 7.11 Å². The van der Waals surface area contributed by atoms with E-state index >= 15 is 0 Å². The van der Waals surface area contributed by atoms with E-state index in [4.69, 9.17) is 27.9 Å². The number of rotatable bonds is 6. The Bertz CT molecular complexity index is 916. The fraction of sp³-hybridized carbons (Fsp3) is 0.333. The maximum Gasteiger partial charge on any atom is 0.323 e. The molecule has 1 aliphatic rings. The van der Waals surface area contributed by atoms with Crippen LogP contribution >= 0.6 is 23.2 Å². The highest BCUT2D eigenvalue weighted by Gasteiger charge is 2.49. The van der Waals surface area contributed by atoms with Crippen LogP contribution in [-0.4, -0.2) is 25.0 Å². The third kappa shape index (κ3) is 3.88. The molecule has 0 aliphatic carbocycles. The number of benzene rings is 2. The van der Waals surface area contributed by atoms with E-state index in [0.29, 0.717) is 22.2 Å². The number of hydrogen-bond acceptors (Lipinski definition) is 4. The molecule has 3 rings (SSSR count). The molecule has 2 unspecified atom stereocenters. The highest BCUT2D eigenvalue weighted by molar-refractivity contribution is 6.31. The number of anilines is 1. The number of nitrogens with one attached hydrogen (secondary N) is 2. The molecule has 1 heterocycles. The van der Waals surface area contributed by atoms with Crippen LogP contribution in [0.15, 0.2) is 42.5 Å². The lowest BCUT2D eigenvalue weighted by molar-refractivity contribution is -0.145. The molecule has 0 bridgehead atoms. The minimum absolute atomic E-state index is 0.0900. The quantitative estimate of drug-likeness (QED) is 0.688. The molecule has 0 spiro atoms. The number of methoxy groups -OCH3 is 1. The van der Waals surface area contributed by atoms with E-state index in [-0.39, 0.29) is 11.8 Å². The second kappa shape index (κ2) is 8.11. The van der Waals surface area contributed by atoms with Crippen LogP contribution in [0.1, 0.15) is 25.0 Å². The Hall–Kier alpha value is -2.08. The number of carbonyl (C=O) groups excluding carboxylic acids is 2. The Morgan fingerprint density at radius 3 is 2.54 bits per heavy atom. The highest BCUT2D eigenvalue weighted by Crippen LogP contribution is 2.40. The van der Waals surface area contributed by atoms with Crippen LogP contribution < -0.4 is 10.6 Å². The summed E-state index contributed by atoms with van der Waals surface area (Å²) in [4.78, 5) is 25.6. The average molecular weight is 421 g/mol. The van der Waals surface area contributed by atoms with Gasteiger partial charge in [-0.05, 0) is 35.7 Å². The van der Waals surface area contributed by atoms with Gasteiger partial charge < -0.3 is 10.1 Å². The SMILES string of the molecule is COC(=O)C(NC1(Cc2cccc(Cl)c2)C(=O)Nc2cc(Cl)ccc21)C(C)C. The van der Waals surface area contributed by atoms with Gasteiger partial charge in [-0.15, -0.1) is 0 Å². The van der Waals surface area contributed by atoms with Crippen LogP contribution in [0.3, 0.4) is 0 Å². The molecule has 1 aliphatic heterocycles. The second-order valence-electron chi connectivity index (χ2n) is 7.25. The molecule has 0 fully saturated rings. The molecule has 2 aromatic rings. The lowest BCUT2D eigenvalue weighted by atomic mass is 9.83. The molecule has 1 amide bonds. The summed E-state index contributed by atoms with van der Waals surface area (Å²) >= 11 is 12.3. The number of carbonyl (C=O) groups is 2. The number of hydrogen-bond donors (Lipinski definition) is 2. The van der Waals surface area contributed by atoms with E-state index in [9.17, 15) is 9.59 Å². The Kier molecular flexibility index (Phi) is 5.98. The standard InChI is InChI=1S/C21H22Cl2N2O3/c1-12(2)18(19(26)28-3)25-21(11-13-5-4-6-14(22)9-13)16-8-7-15(23)10-17(16)24-20(21)27/h4-10,12,18,25H,11H2,1-3H3,(H,24,27). The molecule has 0 radical (unpaired) electrons. The van der Waals surface area contributed by atoms with Gasteiger partial charge in [-0.25, -0.2) is 0 Å². The van der Waals surface area contributed by atoms with Crippen molar-refractivity contribution < 1.29 is 14.3 Å². The Labute approximate surface area is 174 Å². The van der Waals surface area contributed by atoms with Crippen LogP contribution in [0.25, 0.3) is 0 Å². The predicted molar refractivity (Wildman–Crippen MR) is 111 cm³/mol. The minimum Gasteiger partial charge on any atom is -0.468 e. The Morgan fingerprint density at radius 1 is 1.18 bits per heavy atom. The van der Waals surface area contributed by atoms with Crippen molar-refractivity contribution in [1.82, 2.24) is 5.32 Å². The molecule has 5 nitrogen and oxygen atoms in total. The van der Waals surface area contributed by atoms with Gasteiger partial charge in [0.15, 0.2) is 0 Å². The minimum atomic E-state index is -1.16. The summed E-state index contributed by atoms with van der Waals surface area (Å²) in [6.07, 6.45) is 0.314. The topological polar surface area (TPSA) is 67.4 Å². The van der Waals surface area contributed by atoms with E-state index in [0.717, 1.165) is 11.1 Å². The summed E-state index contributed by atoms with van der Waals surface area (Å²) in [6.45, 7) is 3.80. The van der Waals surface area contributed by atoms with E-state index in [2.05, 4.69) is 10.6 Å². The molecular formula is C21H22Cl2N2O3. The summed E-state index contributed by atoms with van der Waals surface area (Å²) in [6, 6.07) is 11.9. The number of ether oxygens (including phenoxy) is 1. The smallest absolute Gasteiger partial charge is 0.323 e. The van der Waals surface area contributed by atoms with Gasteiger partial charge >= 0.3 is 5.97 Å². The van der Waals surface area contributed by atoms with Crippen LogP contribution in [-0.2, 0) is 26.3 Å². The zero-order chi connectivity index (χ0) is 20.5. The molecule has 7 heteroatoms. The molecule has 28 heavy (non-hydrogen) atoms. The zero-order valence-electron chi connectivity index (χ0n) is 15.9. The zero-order valence-corrected chi connectivity index (χ0v) is 17.4. The fourth-order valence-corrected chi connectivity index (χ4v) is 3.94. The summed E-state index contributed by atoms with van der Waals surface area (Å²) in [5, 5.41) is 7.29. The van der Waals surface area contributed by atoms with Crippen molar-refractivity contribution in [2.75, 3.05) is 12.4 Å². The van der Waals surface area contributed by atoms with Gasteiger partial charge in [-0.1, -0.05) is 55.2 Å². The van der Waals surface area contributed by atoms with Crippen LogP contribution in [0.5, 0.6) is 0 Å². The summed E-state index contributed by atoms with van der Waals surface area (Å²) in [7, 11) is 1.34. The van der Waals surface area contributed by atoms with Crippen molar-refractivity contribution in [2.24, 2.45) is 5.92 Å². The molecular weight excluding hydrogens is 399 g/mol. The molecule has 0 aromatic heterocycles. The third-order valence-corrected chi connectivity index (χ3v) is 5.43. The maximum atomic E-state index is 13.2. The summed E-state index contributed by atoms with van der Waals surface area (Å²) in [5.41, 5.74) is 1.06. The molecule has 2 aromatic carbocycles. The fourth-order valence-electron chi connectivity index (χ4n) is 3.56. The normalized spacial score (nSPS) is 19.3. The molecule has 0 saturated carbocycles. The van der Waals surface area contributed by atoms with Gasteiger partial charge in [0.25, 0.3) is 0 Å². The average Bonchev–Trinajstić information content (AvgIpc) is 2.89. The van der Waals surface area contributed by atoms with Gasteiger partial charge in [0.2, 0.25) is 5.91 Å². The summed E-state index contributed by atoms with van der Waals surface area (Å²) < 4.78 is 4.97. The maximum absolute atomic E-state index is 13.2. The number of amides is 1. The van der Waals surface area contributed by atoms with Crippen LogP contribution in [0.4, 0.5) is 5.69 Å². The summed E-state index contributed by atoms with van der Waals surface area (Å²) in [5.74, 6) is -0.761. The van der Waals surface area contributed by atoms with Crippen molar-refractivity contribution in [1.29, 1.82) is 0 Å².